The quantitative estimate of drug-likeness (QED) is 0.468. The summed E-state index contributed by atoms with van der Waals surface area (Å²) in [6.45, 7) is 0. The third-order valence-corrected chi connectivity index (χ3v) is 4.12. The molecule has 7 nitrogen and oxygen atoms in total. The number of aromatic nitrogens is 1. The number of pyridine rings is 1. The molecule has 1 aromatic heterocycles. The number of ether oxygens (including phenoxy) is 1. The molecular formula is C18H13N3O4. The fourth-order valence-electron chi connectivity index (χ4n) is 2.93. The number of hydrogen-bond acceptors (Lipinski definition) is 7. The molecule has 0 fully saturated rings. The van der Waals surface area contributed by atoms with Gasteiger partial charge < -0.3 is 20.3 Å². The van der Waals surface area contributed by atoms with Gasteiger partial charge in [0.05, 0.1) is 5.69 Å². The fraction of sp³-hybridized carbons (Fsp3) is 0.0556. The molecule has 0 saturated carbocycles. The Morgan fingerprint density at radius 2 is 1.84 bits per heavy atom. The normalized spacial score (nSPS) is 19.8. The molecule has 3 aromatic rings. The highest BCUT2D eigenvalue weighted by Crippen LogP contribution is 2.35. The van der Waals surface area contributed by atoms with Crippen molar-refractivity contribution in [1.29, 1.82) is 0 Å². The van der Waals surface area contributed by atoms with Crippen LogP contribution in [0, 0.1) is 0 Å². The van der Waals surface area contributed by atoms with Crippen LogP contribution >= 0.6 is 0 Å². The van der Waals surface area contributed by atoms with Crippen LogP contribution in [-0.4, -0.2) is 31.9 Å². The molecule has 0 saturated heterocycles. The van der Waals surface area contributed by atoms with Gasteiger partial charge in [-0.3, -0.25) is 4.98 Å². The van der Waals surface area contributed by atoms with Crippen molar-refractivity contribution in [2.24, 2.45) is 10.3 Å². The molecule has 2 heterocycles. The van der Waals surface area contributed by atoms with Crippen molar-refractivity contribution in [2.75, 3.05) is 0 Å². The van der Waals surface area contributed by atoms with E-state index in [9.17, 15) is 15.5 Å². The largest absolute Gasteiger partial charge is 0.507 e. The second kappa shape index (κ2) is 5.79. The van der Waals surface area contributed by atoms with Crippen LogP contribution in [0.3, 0.4) is 0 Å². The van der Waals surface area contributed by atoms with E-state index >= 15 is 0 Å². The first kappa shape index (κ1) is 14.9. The Morgan fingerprint density at radius 1 is 1.00 bits per heavy atom. The van der Waals surface area contributed by atoms with E-state index in [0.717, 1.165) is 5.39 Å². The summed E-state index contributed by atoms with van der Waals surface area (Å²) < 4.78 is 5.92. The second-order valence-corrected chi connectivity index (χ2v) is 5.54. The van der Waals surface area contributed by atoms with E-state index in [1.54, 1.807) is 48.7 Å². The Kier molecular flexibility index (Phi) is 3.46. The van der Waals surface area contributed by atoms with E-state index in [4.69, 9.17) is 4.74 Å². The predicted molar refractivity (Wildman–Crippen MR) is 90.8 cm³/mol. The predicted octanol–water partition coefficient (Wildman–Crippen LogP) is 3.08. The minimum atomic E-state index is -0.880. The Balaban J connectivity index is 1.89. The van der Waals surface area contributed by atoms with Gasteiger partial charge in [-0.15, -0.1) is 0 Å². The number of oxime groups is 2. The number of aromatic hydroxyl groups is 1. The minimum Gasteiger partial charge on any atom is -0.507 e. The first-order valence-electron chi connectivity index (χ1n) is 7.51. The Bertz CT molecular complexity index is 1030. The Hall–Kier alpha value is -3.61. The van der Waals surface area contributed by atoms with Crippen molar-refractivity contribution in [3.8, 4) is 11.5 Å². The molecule has 1 unspecified atom stereocenters. The maximum absolute atomic E-state index is 10.1. The molecule has 7 heteroatoms. The number of phenols is 1. The van der Waals surface area contributed by atoms with E-state index in [0.29, 0.717) is 22.4 Å². The van der Waals surface area contributed by atoms with Crippen molar-refractivity contribution in [1.82, 2.24) is 4.98 Å². The van der Waals surface area contributed by atoms with Crippen LogP contribution < -0.4 is 4.74 Å². The summed E-state index contributed by atoms with van der Waals surface area (Å²) >= 11 is 0. The summed E-state index contributed by atoms with van der Waals surface area (Å²) in [5.41, 5.74) is 1.06. The van der Waals surface area contributed by atoms with Crippen LogP contribution in [0.2, 0.25) is 0 Å². The van der Waals surface area contributed by atoms with Crippen LogP contribution in [0.5, 0.6) is 11.5 Å². The second-order valence-electron chi connectivity index (χ2n) is 5.54. The molecular weight excluding hydrogens is 322 g/mol. The summed E-state index contributed by atoms with van der Waals surface area (Å²) in [4.78, 5) is 4.35. The van der Waals surface area contributed by atoms with Gasteiger partial charge in [-0.1, -0.05) is 34.6 Å². The molecule has 0 radical (unpaired) electrons. The lowest BCUT2D eigenvalue weighted by Gasteiger charge is -2.27. The van der Waals surface area contributed by atoms with Crippen molar-refractivity contribution >= 4 is 22.2 Å². The first-order valence-corrected chi connectivity index (χ1v) is 7.51. The Labute approximate surface area is 142 Å². The highest BCUT2D eigenvalue weighted by atomic mass is 16.5. The van der Waals surface area contributed by atoms with Crippen LogP contribution in [0.1, 0.15) is 17.4 Å². The van der Waals surface area contributed by atoms with Gasteiger partial charge in [0, 0.05) is 22.5 Å². The third kappa shape index (κ3) is 2.33. The lowest BCUT2D eigenvalue weighted by molar-refractivity contribution is 0.249. The molecule has 25 heavy (non-hydrogen) atoms. The first-order chi connectivity index (χ1) is 12.2. The Morgan fingerprint density at radius 3 is 2.64 bits per heavy atom. The molecule has 4 rings (SSSR count). The highest BCUT2D eigenvalue weighted by Gasteiger charge is 2.35. The zero-order valence-corrected chi connectivity index (χ0v) is 12.9. The average Bonchev–Trinajstić information content (AvgIpc) is 2.66. The van der Waals surface area contributed by atoms with Crippen molar-refractivity contribution in [3.05, 3.63) is 66.0 Å². The molecule has 0 amide bonds. The van der Waals surface area contributed by atoms with Gasteiger partial charge in [0.15, 0.2) is 11.8 Å². The smallest absolute Gasteiger partial charge is 0.188 e. The van der Waals surface area contributed by atoms with Gasteiger partial charge in [0.2, 0.25) is 0 Å². The minimum absolute atomic E-state index is 0.0310. The highest BCUT2D eigenvalue weighted by molar-refractivity contribution is 6.50. The van der Waals surface area contributed by atoms with Gasteiger partial charge in [0.25, 0.3) is 0 Å². The van der Waals surface area contributed by atoms with E-state index in [2.05, 4.69) is 15.3 Å². The van der Waals surface area contributed by atoms with Crippen LogP contribution in [0.25, 0.3) is 10.8 Å². The van der Waals surface area contributed by atoms with Crippen molar-refractivity contribution in [3.63, 3.8) is 0 Å². The summed E-state index contributed by atoms with van der Waals surface area (Å²) in [6.07, 6.45) is 0.716. The van der Waals surface area contributed by atoms with E-state index in [-0.39, 0.29) is 17.2 Å². The van der Waals surface area contributed by atoms with Crippen molar-refractivity contribution in [2.45, 2.75) is 6.10 Å². The van der Waals surface area contributed by atoms with Gasteiger partial charge in [0.1, 0.15) is 17.2 Å². The number of hydrogen-bond donors (Lipinski definition) is 3. The van der Waals surface area contributed by atoms with Crippen molar-refractivity contribution < 1.29 is 20.3 Å². The average molecular weight is 335 g/mol. The van der Waals surface area contributed by atoms with Gasteiger partial charge in [-0.25, -0.2) is 0 Å². The molecule has 1 atom stereocenters. The molecule has 2 aromatic carbocycles. The molecule has 0 spiro atoms. The van der Waals surface area contributed by atoms with Crippen LogP contribution in [0.4, 0.5) is 0 Å². The van der Waals surface area contributed by atoms with E-state index < -0.39 is 6.10 Å². The van der Waals surface area contributed by atoms with E-state index in [1.165, 1.54) is 0 Å². The number of nitrogens with zero attached hydrogens (tertiary/aromatic N) is 3. The summed E-state index contributed by atoms with van der Waals surface area (Å²) in [5, 5.41) is 36.8. The maximum atomic E-state index is 10.1. The zero-order valence-electron chi connectivity index (χ0n) is 12.9. The van der Waals surface area contributed by atoms with Gasteiger partial charge in [-0.2, -0.15) is 0 Å². The number of para-hydroxylation sites is 1. The summed E-state index contributed by atoms with van der Waals surface area (Å²) in [6, 6.07) is 13.7. The molecule has 124 valence electrons. The van der Waals surface area contributed by atoms with E-state index in [1.807, 2.05) is 6.07 Å². The molecule has 3 N–H and O–H groups in total. The fourth-order valence-corrected chi connectivity index (χ4v) is 2.93. The molecule has 1 aliphatic rings. The lowest BCUT2D eigenvalue weighted by atomic mass is 9.95. The zero-order chi connectivity index (χ0) is 17.4. The maximum Gasteiger partial charge on any atom is 0.188 e. The number of benzene rings is 2. The third-order valence-electron chi connectivity index (χ3n) is 4.12. The standard InChI is InChI=1S/C18H13N3O4/c22-14-6-3-4-10-9-19-13(8-12(10)14)18-17(21-24)16(20-23)11-5-1-2-7-15(11)25-18/h1-9,18,22-24H. The number of fused-ring (bicyclic) bond motifs is 2. The number of rotatable bonds is 1. The monoisotopic (exact) mass is 335 g/mol. The van der Waals surface area contributed by atoms with Crippen LogP contribution in [0.15, 0.2) is 65.0 Å². The number of phenolic OH excluding ortho intramolecular Hbond substituents is 1. The topological polar surface area (TPSA) is 108 Å². The molecule has 0 bridgehead atoms. The van der Waals surface area contributed by atoms with Gasteiger partial charge in [-0.05, 0) is 24.3 Å². The molecule has 1 aliphatic heterocycles. The molecule has 0 aliphatic carbocycles. The van der Waals surface area contributed by atoms with Gasteiger partial charge >= 0.3 is 0 Å². The van der Waals surface area contributed by atoms with Crippen LogP contribution in [-0.2, 0) is 0 Å². The SMILES string of the molecule is ON=C1C(=NO)C(c2cc3c(O)cccc3cn2)Oc2ccccc21. The lowest BCUT2D eigenvalue weighted by Crippen LogP contribution is -2.33. The summed E-state index contributed by atoms with van der Waals surface area (Å²) in [7, 11) is 0. The summed E-state index contributed by atoms with van der Waals surface area (Å²) in [5.74, 6) is 0.586.